The Morgan fingerprint density at radius 1 is 1.29 bits per heavy atom. The fraction of sp³-hybridized carbons (Fsp3) is 0.833. The van der Waals surface area contributed by atoms with Gasteiger partial charge in [-0.3, -0.25) is 4.90 Å². The van der Waals surface area contributed by atoms with Gasteiger partial charge in [-0.15, -0.1) is 10.2 Å². The molecule has 5 heteroatoms. The molecule has 5 nitrogen and oxygen atoms in total. The molecule has 0 aromatic carbocycles. The zero-order valence-electron chi connectivity index (χ0n) is 11.2. The molecule has 0 spiro atoms. The molecule has 1 aromatic heterocycles. The van der Waals surface area contributed by atoms with Gasteiger partial charge in [0.2, 0.25) is 11.8 Å². The zero-order chi connectivity index (χ0) is 12.9. The van der Waals surface area contributed by atoms with Crippen LogP contribution in [0.1, 0.15) is 45.9 Å². The highest BCUT2D eigenvalue weighted by Gasteiger charge is 2.21. The van der Waals surface area contributed by atoms with E-state index in [9.17, 15) is 0 Å². The lowest BCUT2D eigenvalue weighted by atomic mass is 9.97. The molecule has 0 radical (unpaired) electrons. The van der Waals surface area contributed by atoms with Gasteiger partial charge in [-0.25, -0.2) is 0 Å². The summed E-state index contributed by atoms with van der Waals surface area (Å²) in [5.74, 6) is 1.32. The molecule has 1 aromatic rings. The van der Waals surface area contributed by atoms with Crippen molar-refractivity contribution in [1.29, 1.82) is 0 Å². The van der Waals surface area contributed by atoms with Crippen LogP contribution in [-0.4, -0.2) is 39.9 Å². The van der Waals surface area contributed by atoms with E-state index in [1.807, 2.05) is 20.8 Å². The topological polar surface area (TPSA) is 62.4 Å². The van der Waals surface area contributed by atoms with Gasteiger partial charge >= 0.3 is 0 Å². The lowest BCUT2D eigenvalue weighted by Crippen LogP contribution is -2.24. The summed E-state index contributed by atoms with van der Waals surface area (Å²) in [4.78, 5) is 2.18. The minimum absolute atomic E-state index is 0.104. The van der Waals surface area contributed by atoms with Crippen LogP contribution in [0.4, 0.5) is 0 Å². The SMILES string of the molecule is CCN(CCCO)Cc1nnc(C(C)(C)C)o1. The van der Waals surface area contributed by atoms with Crippen LogP contribution in [0.25, 0.3) is 0 Å². The highest BCUT2D eigenvalue weighted by molar-refractivity contribution is 4.96. The van der Waals surface area contributed by atoms with Crippen LogP contribution in [0.15, 0.2) is 4.42 Å². The van der Waals surface area contributed by atoms with Crippen molar-refractivity contribution >= 4 is 0 Å². The van der Waals surface area contributed by atoms with E-state index in [2.05, 4.69) is 22.0 Å². The largest absolute Gasteiger partial charge is 0.423 e. The Labute approximate surface area is 103 Å². The first-order valence-electron chi connectivity index (χ1n) is 6.13. The lowest BCUT2D eigenvalue weighted by molar-refractivity contribution is 0.208. The molecule has 1 N–H and O–H groups in total. The molecular weight excluding hydrogens is 218 g/mol. The van der Waals surface area contributed by atoms with E-state index in [-0.39, 0.29) is 12.0 Å². The smallest absolute Gasteiger partial charge is 0.230 e. The predicted molar refractivity (Wildman–Crippen MR) is 65.7 cm³/mol. The molecule has 0 fully saturated rings. The summed E-state index contributed by atoms with van der Waals surface area (Å²) in [6.07, 6.45) is 0.772. The minimum atomic E-state index is -0.104. The molecule has 0 bridgehead atoms. The van der Waals surface area contributed by atoms with Gasteiger partial charge in [-0.05, 0) is 13.0 Å². The van der Waals surface area contributed by atoms with E-state index in [4.69, 9.17) is 9.52 Å². The van der Waals surface area contributed by atoms with Gasteiger partial charge in [0.25, 0.3) is 0 Å². The monoisotopic (exact) mass is 241 g/mol. The van der Waals surface area contributed by atoms with Gasteiger partial charge in [-0.1, -0.05) is 27.7 Å². The lowest BCUT2D eigenvalue weighted by Gasteiger charge is -2.17. The quantitative estimate of drug-likeness (QED) is 0.819. The van der Waals surface area contributed by atoms with Crippen LogP contribution in [-0.2, 0) is 12.0 Å². The Hall–Kier alpha value is -0.940. The zero-order valence-corrected chi connectivity index (χ0v) is 11.2. The summed E-state index contributed by atoms with van der Waals surface area (Å²) >= 11 is 0. The fourth-order valence-electron chi connectivity index (χ4n) is 1.46. The standard InChI is InChI=1S/C12H23N3O2/c1-5-15(7-6-8-16)9-10-13-14-11(17-10)12(2,3)4/h16H,5-9H2,1-4H3. The van der Waals surface area contributed by atoms with Crippen LogP contribution in [0.5, 0.6) is 0 Å². The van der Waals surface area contributed by atoms with Crippen LogP contribution in [0.3, 0.4) is 0 Å². The third-order valence-electron chi connectivity index (χ3n) is 2.55. The van der Waals surface area contributed by atoms with Crippen molar-refractivity contribution in [3.05, 3.63) is 11.8 Å². The summed E-state index contributed by atoms with van der Waals surface area (Å²) in [7, 11) is 0. The van der Waals surface area contributed by atoms with Crippen molar-refractivity contribution in [3.63, 3.8) is 0 Å². The van der Waals surface area contributed by atoms with Crippen LogP contribution < -0.4 is 0 Å². The first kappa shape index (κ1) is 14.1. The molecule has 0 atom stereocenters. The first-order chi connectivity index (χ1) is 7.97. The van der Waals surface area contributed by atoms with E-state index in [1.165, 1.54) is 0 Å². The normalized spacial score (nSPS) is 12.4. The maximum absolute atomic E-state index is 8.81. The van der Waals surface area contributed by atoms with Crippen LogP contribution >= 0.6 is 0 Å². The highest BCUT2D eigenvalue weighted by Crippen LogP contribution is 2.20. The van der Waals surface area contributed by atoms with E-state index in [0.717, 1.165) is 19.5 Å². The van der Waals surface area contributed by atoms with Gasteiger partial charge in [0, 0.05) is 18.6 Å². The Morgan fingerprint density at radius 3 is 2.47 bits per heavy atom. The number of rotatable bonds is 6. The average molecular weight is 241 g/mol. The van der Waals surface area contributed by atoms with Gasteiger partial charge in [0.15, 0.2) is 0 Å². The Balaban J connectivity index is 2.58. The maximum Gasteiger partial charge on any atom is 0.230 e. The number of aliphatic hydroxyl groups is 1. The molecular formula is C12H23N3O2. The average Bonchev–Trinajstić information content (AvgIpc) is 2.72. The molecule has 0 saturated carbocycles. The third-order valence-corrected chi connectivity index (χ3v) is 2.55. The van der Waals surface area contributed by atoms with Gasteiger partial charge in [0.1, 0.15) is 0 Å². The summed E-state index contributed by atoms with van der Waals surface area (Å²) < 4.78 is 5.63. The van der Waals surface area contributed by atoms with Crippen molar-refractivity contribution in [2.24, 2.45) is 0 Å². The first-order valence-corrected chi connectivity index (χ1v) is 6.13. The Morgan fingerprint density at radius 2 is 2.00 bits per heavy atom. The molecule has 0 aliphatic heterocycles. The van der Waals surface area contributed by atoms with Gasteiger partial charge in [-0.2, -0.15) is 0 Å². The molecule has 0 amide bonds. The number of nitrogens with zero attached hydrogens (tertiary/aromatic N) is 3. The maximum atomic E-state index is 8.81. The second-order valence-corrected chi connectivity index (χ2v) is 5.20. The number of aromatic nitrogens is 2. The molecule has 17 heavy (non-hydrogen) atoms. The third kappa shape index (κ3) is 4.44. The van der Waals surface area contributed by atoms with Crippen molar-refractivity contribution < 1.29 is 9.52 Å². The highest BCUT2D eigenvalue weighted by atomic mass is 16.4. The van der Waals surface area contributed by atoms with Crippen molar-refractivity contribution in [3.8, 4) is 0 Å². The fourth-order valence-corrected chi connectivity index (χ4v) is 1.46. The van der Waals surface area contributed by atoms with Crippen LogP contribution in [0, 0.1) is 0 Å². The van der Waals surface area contributed by atoms with Crippen molar-refractivity contribution in [2.45, 2.75) is 46.1 Å². The Kier molecular flexibility index (Phi) is 5.08. The van der Waals surface area contributed by atoms with Gasteiger partial charge in [0.05, 0.1) is 6.54 Å². The van der Waals surface area contributed by atoms with Crippen molar-refractivity contribution in [2.75, 3.05) is 19.7 Å². The number of hydrogen-bond acceptors (Lipinski definition) is 5. The second-order valence-electron chi connectivity index (χ2n) is 5.20. The summed E-state index contributed by atoms with van der Waals surface area (Å²) in [6.45, 7) is 10.9. The summed E-state index contributed by atoms with van der Waals surface area (Å²) in [5, 5.41) is 16.9. The molecule has 0 saturated heterocycles. The molecule has 0 aliphatic carbocycles. The molecule has 1 heterocycles. The summed E-state index contributed by atoms with van der Waals surface area (Å²) in [6, 6.07) is 0. The number of hydrogen-bond donors (Lipinski definition) is 1. The van der Waals surface area contributed by atoms with Crippen LogP contribution in [0.2, 0.25) is 0 Å². The molecule has 0 aliphatic rings. The predicted octanol–water partition coefficient (Wildman–Crippen LogP) is 1.57. The molecule has 98 valence electrons. The Bertz CT molecular complexity index is 331. The van der Waals surface area contributed by atoms with Gasteiger partial charge < -0.3 is 9.52 Å². The van der Waals surface area contributed by atoms with Crippen molar-refractivity contribution in [1.82, 2.24) is 15.1 Å². The second kappa shape index (κ2) is 6.12. The van der Waals surface area contributed by atoms with E-state index in [0.29, 0.717) is 18.3 Å². The number of aliphatic hydroxyl groups excluding tert-OH is 1. The van der Waals surface area contributed by atoms with E-state index < -0.39 is 0 Å². The summed E-state index contributed by atoms with van der Waals surface area (Å²) in [5.41, 5.74) is -0.104. The van der Waals surface area contributed by atoms with E-state index >= 15 is 0 Å². The minimum Gasteiger partial charge on any atom is -0.423 e. The van der Waals surface area contributed by atoms with E-state index in [1.54, 1.807) is 0 Å². The molecule has 0 unspecified atom stereocenters. The molecule has 1 rings (SSSR count).